The Morgan fingerprint density at radius 2 is 1.78 bits per heavy atom. The quantitative estimate of drug-likeness (QED) is 0.556. The van der Waals surface area contributed by atoms with Crippen molar-refractivity contribution in [1.29, 1.82) is 0 Å². The molecule has 162 valence electrons. The Morgan fingerprint density at radius 3 is 2.59 bits per heavy atom. The minimum Gasteiger partial charge on any atom is -0.305 e. The number of nitrogens with zero attached hydrogens (tertiary/aromatic N) is 2. The van der Waals surface area contributed by atoms with Crippen LogP contribution in [0.3, 0.4) is 0 Å². The van der Waals surface area contributed by atoms with E-state index in [1.807, 2.05) is 42.5 Å². The molecule has 8 heteroatoms. The third-order valence-electron chi connectivity index (χ3n) is 5.75. The molecule has 0 saturated carbocycles. The number of benzene rings is 3. The van der Waals surface area contributed by atoms with Gasteiger partial charge in [0, 0.05) is 22.9 Å². The molecule has 1 saturated heterocycles. The van der Waals surface area contributed by atoms with Gasteiger partial charge in [0.1, 0.15) is 5.82 Å². The predicted molar refractivity (Wildman–Crippen MR) is 125 cm³/mol. The topological polar surface area (TPSA) is 52.7 Å². The van der Waals surface area contributed by atoms with Gasteiger partial charge in [0.2, 0.25) is 0 Å². The van der Waals surface area contributed by atoms with Gasteiger partial charge in [-0.3, -0.25) is 9.69 Å². The highest BCUT2D eigenvalue weighted by atomic mass is 35.5. The van der Waals surface area contributed by atoms with Crippen molar-refractivity contribution in [3.8, 4) is 0 Å². The number of rotatable bonds is 3. The number of amides is 3. The van der Waals surface area contributed by atoms with Crippen molar-refractivity contribution in [1.82, 2.24) is 4.90 Å². The van der Waals surface area contributed by atoms with Crippen LogP contribution < -0.4 is 10.2 Å². The van der Waals surface area contributed by atoms with Gasteiger partial charge in [0.05, 0.1) is 17.9 Å². The zero-order chi connectivity index (χ0) is 22.3. The van der Waals surface area contributed by atoms with E-state index in [4.69, 9.17) is 11.6 Å². The lowest BCUT2D eigenvalue weighted by Gasteiger charge is -2.33. The smallest absolute Gasteiger partial charge is 0.305 e. The zero-order valence-corrected chi connectivity index (χ0v) is 18.5. The maximum Gasteiger partial charge on any atom is 0.323 e. The summed E-state index contributed by atoms with van der Waals surface area (Å²) in [5.74, 6) is -0.143. The summed E-state index contributed by atoms with van der Waals surface area (Å²) >= 11 is 7.78. The van der Waals surface area contributed by atoms with E-state index in [0.717, 1.165) is 16.8 Å². The normalized spacial score (nSPS) is 19.5. The second kappa shape index (κ2) is 8.15. The molecule has 1 fully saturated rings. The fourth-order valence-corrected chi connectivity index (χ4v) is 5.92. The Morgan fingerprint density at radius 1 is 1.06 bits per heavy atom. The molecule has 1 unspecified atom stereocenters. The van der Waals surface area contributed by atoms with E-state index in [2.05, 4.69) is 5.32 Å². The van der Waals surface area contributed by atoms with Crippen molar-refractivity contribution in [3.63, 3.8) is 0 Å². The number of nitrogens with one attached hydrogen (secondary N) is 1. The van der Waals surface area contributed by atoms with Crippen molar-refractivity contribution in [2.75, 3.05) is 22.5 Å². The van der Waals surface area contributed by atoms with Crippen LogP contribution in [0.4, 0.5) is 20.6 Å². The van der Waals surface area contributed by atoms with Crippen LogP contribution in [-0.4, -0.2) is 29.1 Å². The van der Waals surface area contributed by atoms with E-state index in [1.165, 1.54) is 28.8 Å². The minimum absolute atomic E-state index is 0.0798. The molecule has 1 spiro atoms. The number of thioether (sulfide) groups is 1. The largest absolute Gasteiger partial charge is 0.323 e. The molecule has 5 nitrogen and oxygen atoms in total. The SMILES string of the molecule is O=C(Nc1ccccc1F)N1CCSC12C(=O)N(Cc1ccccc1Cl)c1ccccc12. The molecule has 1 atom stereocenters. The van der Waals surface area contributed by atoms with E-state index in [1.54, 1.807) is 23.1 Å². The molecule has 0 aliphatic carbocycles. The minimum atomic E-state index is -1.20. The fourth-order valence-electron chi connectivity index (χ4n) is 4.27. The second-order valence-corrected chi connectivity index (χ2v) is 9.25. The number of anilines is 2. The van der Waals surface area contributed by atoms with Crippen molar-refractivity contribution in [3.05, 3.63) is 94.8 Å². The molecule has 3 aromatic carbocycles. The number of carbonyl (C=O) groups excluding carboxylic acids is 2. The van der Waals surface area contributed by atoms with Gasteiger partial charge in [-0.25, -0.2) is 9.18 Å². The summed E-state index contributed by atoms with van der Waals surface area (Å²) < 4.78 is 14.1. The molecule has 0 radical (unpaired) electrons. The summed E-state index contributed by atoms with van der Waals surface area (Å²) in [6, 6.07) is 20.3. The van der Waals surface area contributed by atoms with E-state index in [9.17, 15) is 14.0 Å². The highest BCUT2D eigenvalue weighted by Gasteiger charge is 2.59. The molecule has 2 aliphatic heterocycles. The molecule has 5 rings (SSSR count). The van der Waals surface area contributed by atoms with Crippen molar-refractivity contribution < 1.29 is 14.0 Å². The van der Waals surface area contributed by atoms with Crippen LogP contribution in [0.5, 0.6) is 0 Å². The van der Waals surface area contributed by atoms with Gasteiger partial charge in [0.15, 0.2) is 4.87 Å². The number of para-hydroxylation sites is 2. The van der Waals surface area contributed by atoms with Crippen molar-refractivity contribution in [2.24, 2.45) is 0 Å². The van der Waals surface area contributed by atoms with Crippen LogP contribution in [0.2, 0.25) is 5.02 Å². The first-order valence-corrected chi connectivity index (χ1v) is 11.5. The molecule has 1 N–H and O–H groups in total. The summed E-state index contributed by atoms with van der Waals surface area (Å²) in [6.45, 7) is 0.658. The standard InChI is InChI=1S/C24H19ClFN3O2S/c25-18-9-3-1-7-16(18)15-28-21-12-6-2-8-17(21)24(22(28)30)29(13-14-32-24)23(31)27-20-11-5-4-10-19(20)26/h1-12H,13-15H2,(H,27,31). The molecule has 3 aromatic rings. The summed E-state index contributed by atoms with van der Waals surface area (Å²) in [7, 11) is 0. The van der Waals surface area contributed by atoms with E-state index < -0.39 is 16.7 Å². The van der Waals surface area contributed by atoms with Crippen LogP contribution in [0.15, 0.2) is 72.8 Å². The maximum absolute atomic E-state index is 14.1. The Labute approximate surface area is 194 Å². The summed E-state index contributed by atoms with van der Waals surface area (Å²) in [4.78, 5) is 29.1. The molecule has 0 aromatic heterocycles. The Kier molecular flexibility index (Phi) is 5.31. The first-order chi connectivity index (χ1) is 15.5. The van der Waals surface area contributed by atoms with E-state index in [0.29, 0.717) is 23.9 Å². The summed E-state index contributed by atoms with van der Waals surface area (Å²) in [6.07, 6.45) is 0. The van der Waals surface area contributed by atoms with Gasteiger partial charge in [-0.1, -0.05) is 60.1 Å². The lowest BCUT2D eigenvalue weighted by molar-refractivity contribution is -0.123. The first-order valence-electron chi connectivity index (χ1n) is 10.1. The number of urea groups is 1. The molecule has 2 heterocycles. The number of hydrogen-bond acceptors (Lipinski definition) is 3. The van der Waals surface area contributed by atoms with Gasteiger partial charge in [0.25, 0.3) is 5.91 Å². The average Bonchev–Trinajstić information content (AvgIpc) is 3.34. The molecular formula is C24H19ClFN3O2S. The van der Waals surface area contributed by atoms with Crippen LogP contribution in [0, 0.1) is 5.82 Å². The van der Waals surface area contributed by atoms with E-state index >= 15 is 0 Å². The second-order valence-electron chi connectivity index (χ2n) is 7.55. The van der Waals surface area contributed by atoms with Crippen LogP contribution in [0.1, 0.15) is 11.1 Å². The maximum atomic E-state index is 14.1. The summed E-state index contributed by atoms with van der Waals surface area (Å²) in [5.41, 5.74) is 2.40. The fraction of sp³-hybridized carbons (Fsp3) is 0.167. The predicted octanol–water partition coefficient (Wildman–Crippen LogP) is 5.46. The van der Waals surface area contributed by atoms with Crippen LogP contribution >= 0.6 is 23.4 Å². The molecule has 3 amide bonds. The van der Waals surface area contributed by atoms with Crippen molar-refractivity contribution >= 4 is 46.7 Å². The Bertz CT molecular complexity index is 1220. The van der Waals surface area contributed by atoms with Gasteiger partial charge >= 0.3 is 6.03 Å². The van der Waals surface area contributed by atoms with Crippen LogP contribution in [-0.2, 0) is 16.2 Å². The zero-order valence-electron chi connectivity index (χ0n) is 16.9. The monoisotopic (exact) mass is 467 g/mol. The van der Waals surface area contributed by atoms with Crippen molar-refractivity contribution in [2.45, 2.75) is 11.4 Å². The lowest BCUT2D eigenvalue weighted by atomic mass is 10.1. The molecular weight excluding hydrogens is 449 g/mol. The number of carbonyl (C=O) groups is 2. The van der Waals surface area contributed by atoms with Gasteiger partial charge in [-0.15, -0.1) is 11.8 Å². The highest BCUT2D eigenvalue weighted by molar-refractivity contribution is 8.01. The van der Waals surface area contributed by atoms with Crippen LogP contribution in [0.25, 0.3) is 0 Å². The Balaban J connectivity index is 1.53. The number of hydrogen-bond donors (Lipinski definition) is 1. The van der Waals surface area contributed by atoms with Gasteiger partial charge in [-0.2, -0.15) is 0 Å². The number of fused-ring (bicyclic) bond motifs is 2. The average molecular weight is 468 g/mol. The Hall–Kier alpha value is -3.03. The third kappa shape index (κ3) is 3.24. The van der Waals surface area contributed by atoms with Gasteiger partial charge < -0.3 is 10.2 Å². The van der Waals surface area contributed by atoms with Gasteiger partial charge in [-0.05, 0) is 29.8 Å². The van der Waals surface area contributed by atoms with E-state index in [-0.39, 0.29) is 11.6 Å². The highest BCUT2D eigenvalue weighted by Crippen LogP contribution is 2.54. The lowest BCUT2D eigenvalue weighted by Crippen LogP contribution is -2.51. The summed E-state index contributed by atoms with van der Waals surface area (Å²) in [5, 5.41) is 3.21. The molecule has 32 heavy (non-hydrogen) atoms. The first kappa shape index (κ1) is 20.8. The molecule has 2 aliphatic rings. The third-order valence-corrected chi connectivity index (χ3v) is 7.54. The number of halogens is 2. The molecule has 0 bridgehead atoms.